The molecule has 3 nitrogen and oxygen atoms in total. The van der Waals surface area contributed by atoms with E-state index in [9.17, 15) is 0 Å². The van der Waals surface area contributed by atoms with Crippen LogP contribution in [0.4, 0.5) is 0 Å². The third kappa shape index (κ3) is 7.31. The van der Waals surface area contributed by atoms with Gasteiger partial charge in [0, 0.05) is 13.7 Å². The number of hydrogen-bond acceptors (Lipinski definition) is 3. The molecule has 3 heteroatoms. The summed E-state index contributed by atoms with van der Waals surface area (Å²) in [4.78, 5) is 0. The molecule has 19 heavy (non-hydrogen) atoms. The van der Waals surface area contributed by atoms with E-state index in [2.05, 4.69) is 43.4 Å². The van der Waals surface area contributed by atoms with Crippen molar-refractivity contribution in [1.29, 1.82) is 0 Å². The monoisotopic (exact) mass is 265 g/mol. The van der Waals surface area contributed by atoms with E-state index in [1.54, 1.807) is 7.11 Å². The Kier molecular flexibility index (Phi) is 7.72. The maximum Gasteiger partial charge on any atom is 0.0784 e. The molecule has 1 rings (SSSR count). The Balaban J connectivity index is 2.38. The van der Waals surface area contributed by atoms with Gasteiger partial charge in [-0.15, -0.1) is 0 Å². The Morgan fingerprint density at radius 1 is 1.16 bits per heavy atom. The molecular formula is C16H27NO2. The summed E-state index contributed by atoms with van der Waals surface area (Å²) in [6.45, 7) is 9.70. The van der Waals surface area contributed by atoms with Crippen LogP contribution in [0.15, 0.2) is 24.3 Å². The first kappa shape index (κ1) is 16.2. The first-order valence-corrected chi connectivity index (χ1v) is 7.01. The van der Waals surface area contributed by atoms with E-state index in [-0.39, 0.29) is 6.10 Å². The van der Waals surface area contributed by atoms with E-state index in [0.717, 1.165) is 13.1 Å². The molecule has 108 valence electrons. The minimum Gasteiger partial charge on any atom is -0.382 e. The smallest absolute Gasteiger partial charge is 0.0784 e. The van der Waals surface area contributed by atoms with E-state index >= 15 is 0 Å². The van der Waals surface area contributed by atoms with Crippen LogP contribution in [0.25, 0.3) is 0 Å². The van der Waals surface area contributed by atoms with Crippen molar-refractivity contribution in [1.82, 2.24) is 5.32 Å². The highest BCUT2D eigenvalue weighted by Crippen LogP contribution is 2.08. The molecule has 0 aromatic heterocycles. The van der Waals surface area contributed by atoms with E-state index in [0.29, 0.717) is 19.1 Å². The van der Waals surface area contributed by atoms with Gasteiger partial charge in [-0.3, -0.25) is 0 Å². The largest absolute Gasteiger partial charge is 0.382 e. The van der Waals surface area contributed by atoms with Gasteiger partial charge in [-0.25, -0.2) is 0 Å². The van der Waals surface area contributed by atoms with E-state index < -0.39 is 0 Å². The van der Waals surface area contributed by atoms with Crippen molar-refractivity contribution < 1.29 is 9.47 Å². The zero-order valence-corrected chi connectivity index (χ0v) is 12.6. The lowest BCUT2D eigenvalue weighted by molar-refractivity contribution is -0.000146. The molecule has 1 atom stereocenters. The van der Waals surface area contributed by atoms with Crippen LogP contribution < -0.4 is 5.32 Å². The molecule has 0 saturated carbocycles. The van der Waals surface area contributed by atoms with Gasteiger partial charge in [0.25, 0.3) is 0 Å². The molecule has 0 amide bonds. The van der Waals surface area contributed by atoms with E-state index in [4.69, 9.17) is 9.47 Å². The van der Waals surface area contributed by atoms with Gasteiger partial charge in [-0.05, 0) is 30.5 Å². The van der Waals surface area contributed by atoms with Crippen molar-refractivity contribution in [3.05, 3.63) is 35.4 Å². The van der Waals surface area contributed by atoms with Gasteiger partial charge in [0.1, 0.15) is 0 Å². The van der Waals surface area contributed by atoms with Gasteiger partial charge < -0.3 is 14.8 Å². The summed E-state index contributed by atoms with van der Waals surface area (Å²) >= 11 is 0. The number of rotatable bonds is 9. The second-order valence-electron chi connectivity index (χ2n) is 5.42. The van der Waals surface area contributed by atoms with Crippen LogP contribution >= 0.6 is 0 Å². The Labute approximate surface area is 117 Å². The molecule has 0 aliphatic rings. The zero-order chi connectivity index (χ0) is 14.1. The van der Waals surface area contributed by atoms with Crippen molar-refractivity contribution >= 4 is 0 Å². The quantitative estimate of drug-likeness (QED) is 0.744. The fourth-order valence-electron chi connectivity index (χ4n) is 1.86. The SMILES string of the molecule is COCC(C)OCc1cccc(CNCC(C)C)c1. The van der Waals surface area contributed by atoms with Crippen molar-refractivity contribution in [2.45, 2.75) is 40.0 Å². The Morgan fingerprint density at radius 3 is 2.58 bits per heavy atom. The lowest BCUT2D eigenvalue weighted by Gasteiger charge is -2.13. The molecule has 0 radical (unpaired) electrons. The molecule has 0 spiro atoms. The van der Waals surface area contributed by atoms with E-state index in [1.807, 2.05) is 6.92 Å². The predicted octanol–water partition coefficient (Wildman–Crippen LogP) is 2.98. The van der Waals surface area contributed by atoms with Gasteiger partial charge >= 0.3 is 0 Å². The topological polar surface area (TPSA) is 30.5 Å². The highest BCUT2D eigenvalue weighted by atomic mass is 16.5. The molecule has 0 aliphatic heterocycles. The molecule has 1 aromatic rings. The summed E-state index contributed by atoms with van der Waals surface area (Å²) in [5, 5.41) is 3.45. The molecule has 1 aromatic carbocycles. The van der Waals surface area contributed by atoms with Crippen LogP contribution in [0, 0.1) is 5.92 Å². The van der Waals surface area contributed by atoms with Gasteiger partial charge in [0.05, 0.1) is 19.3 Å². The molecule has 0 aliphatic carbocycles. The van der Waals surface area contributed by atoms with Crippen molar-refractivity contribution in [2.75, 3.05) is 20.3 Å². The number of nitrogens with one attached hydrogen (secondary N) is 1. The number of methoxy groups -OCH3 is 1. The van der Waals surface area contributed by atoms with Crippen LogP contribution in [0.3, 0.4) is 0 Å². The average Bonchev–Trinajstić information content (AvgIpc) is 2.37. The summed E-state index contributed by atoms with van der Waals surface area (Å²) in [6.07, 6.45) is 0.132. The summed E-state index contributed by atoms with van der Waals surface area (Å²) < 4.78 is 10.8. The minimum absolute atomic E-state index is 0.132. The van der Waals surface area contributed by atoms with Gasteiger partial charge in [0.2, 0.25) is 0 Å². The maximum absolute atomic E-state index is 5.72. The van der Waals surface area contributed by atoms with Crippen LogP contribution in [0.1, 0.15) is 31.9 Å². The second kappa shape index (κ2) is 9.08. The minimum atomic E-state index is 0.132. The lowest BCUT2D eigenvalue weighted by Crippen LogP contribution is -2.19. The number of benzene rings is 1. The molecule has 0 fully saturated rings. The standard InChI is InChI=1S/C16H27NO2/c1-13(2)9-17-10-15-6-5-7-16(8-15)12-19-14(3)11-18-4/h5-8,13-14,17H,9-12H2,1-4H3. The molecule has 1 unspecified atom stereocenters. The van der Waals surface area contributed by atoms with Crippen molar-refractivity contribution in [3.8, 4) is 0 Å². The van der Waals surface area contributed by atoms with Crippen molar-refractivity contribution in [2.24, 2.45) is 5.92 Å². The molecule has 0 saturated heterocycles. The van der Waals surface area contributed by atoms with Gasteiger partial charge in [0.15, 0.2) is 0 Å². The zero-order valence-electron chi connectivity index (χ0n) is 12.6. The molecular weight excluding hydrogens is 238 g/mol. The predicted molar refractivity (Wildman–Crippen MR) is 79.1 cm³/mol. The lowest BCUT2D eigenvalue weighted by atomic mass is 10.1. The summed E-state index contributed by atoms with van der Waals surface area (Å²) in [6, 6.07) is 8.54. The normalized spacial score (nSPS) is 12.9. The van der Waals surface area contributed by atoms with Crippen LogP contribution in [-0.4, -0.2) is 26.4 Å². The first-order chi connectivity index (χ1) is 9.11. The fourth-order valence-corrected chi connectivity index (χ4v) is 1.86. The molecule has 1 N–H and O–H groups in total. The van der Waals surface area contributed by atoms with Crippen LogP contribution in [0.5, 0.6) is 0 Å². The van der Waals surface area contributed by atoms with Crippen molar-refractivity contribution in [3.63, 3.8) is 0 Å². The Bertz CT molecular complexity index is 352. The second-order valence-corrected chi connectivity index (χ2v) is 5.42. The summed E-state index contributed by atoms with van der Waals surface area (Å²) in [7, 11) is 1.70. The molecule has 0 bridgehead atoms. The first-order valence-electron chi connectivity index (χ1n) is 7.01. The van der Waals surface area contributed by atoms with Crippen LogP contribution in [0.2, 0.25) is 0 Å². The number of hydrogen-bond donors (Lipinski definition) is 1. The van der Waals surface area contributed by atoms with Gasteiger partial charge in [-0.1, -0.05) is 38.1 Å². The Hall–Kier alpha value is -0.900. The highest BCUT2D eigenvalue weighted by molar-refractivity contribution is 5.22. The third-order valence-corrected chi connectivity index (χ3v) is 2.81. The van der Waals surface area contributed by atoms with Gasteiger partial charge in [-0.2, -0.15) is 0 Å². The van der Waals surface area contributed by atoms with Crippen LogP contribution in [-0.2, 0) is 22.6 Å². The van der Waals surface area contributed by atoms with E-state index in [1.165, 1.54) is 11.1 Å². The average molecular weight is 265 g/mol. The Morgan fingerprint density at radius 2 is 1.89 bits per heavy atom. The number of ether oxygens (including phenoxy) is 2. The maximum atomic E-state index is 5.72. The third-order valence-electron chi connectivity index (χ3n) is 2.81. The summed E-state index contributed by atoms with van der Waals surface area (Å²) in [5.74, 6) is 0.682. The molecule has 0 heterocycles. The highest BCUT2D eigenvalue weighted by Gasteiger charge is 2.02. The fraction of sp³-hybridized carbons (Fsp3) is 0.625. The summed E-state index contributed by atoms with van der Waals surface area (Å²) in [5.41, 5.74) is 2.52.